The van der Waals surface area contributed by atoms with Crippen LogP contribution in [0.2, 0.25) is 0 Å². The van der Waals surface area contributed by atoms with Crippen molar-refractivity contribution in [2.24, 2.45) is 0 Å². The van der Waals surface area contributed by atoms with Gasteiger partial charge in [-0.2, -0.15) is 0 Å². The van der Waals surface area contributed by atoms with Crippen LogP contribution in [0.15, 0.2) is 36.9 Å². The quantitative estimate of drug-likeness (QED) is 0.601. The second kappa shape index (κ2) is 6.78. The SMILES string of the molecule is Nc1ncnc2c1ncn2[C@@H]1O[C@H](COC2CCc3ccccc32)[C@@H](O)[C@H]1O. The molecule has 1 unspecified atom stereocenters. The number of aryl methyl sites for hydroxylation is 1. The second-order valence-electron chi connectivity index (χ2n) is 7.19. The van der Waals surface area contributed by atoms with Crippen LogP contribution in [0.5, 0.6) is 0 Å². The Bertz CT molecular complexity index is 1010. The van der Waals surface area contributed by atoms with Crippen molar-refractivity contribution < 1.29 is 19.7 Å². The van der Waals surface area contributed by atoms with E-state index in [-0.39, 0.29) is 18.5 Å². The lowest BCUT2D eigenvalue weighted by Crippen LogP contribution is -2.34. The van der Waals surface area contributed by atoms with E-state index in [4.69, 9.17) is 15.2 Å². The van der Waals surface area contributed by atoms with Crippen LogP contribution in [0, 0.1) is 0 Å². The summed E-state index contributed by atoms with van der Waals surface area (Å²) in [7, 11) is 0. The Hall–Kier alpha value is -2.59. The van der Waals surface area contributed by atoms with Gasteiger partial charge in [0, 0.05) is 0 Å². The lowest BCUT2D eigenvalue weighted by molar-refractivity contribution is -0.0813. The van der Waals surface area contributed by atoms with Crippen molar-refractivity contribution in [3.63, 3.8) is 0 Å². The number of nitrogens with two attached hydrogens (primary N) is 1. The standard InChI is InChI=1S/C19H21N5O4/c20-17-14-18(22-8-21-17)24(9-23-14)19-16(26)15(25)13(28-19)7-27-12-6-5-10-3-1-2-4-11(10)12/h1-4,8-9,12-13,15-16,19,25-26H,5-7H2,(H2,20,21,22)/t12?,13-,15-,16-,19-/m1/s1. The van der Waals surface area contributed by atoms with Crippen molar-refractivity contribution in [1.29, 1.82) is 0 Å². The second-order valence-corrected chi connectivity index (χ2v) is 7.19. The molecule has 1 saturated heterocycles. The number of fused-ring (bicyclic) bond motifs is 2. The molecule has 0 radical (unpaired) electrons. The molecule has 5 rings (SSSR count). The number of hydrogen-bond donors (Lipinski definition) is 3. The van der Waals surface area contributed by atoms with Crippen LogP contribution >= 0.6 is 0 Å². The first kappa shape index (κ1) is 17.5. The summed E-state index contributed by atoms with van der Waals surface area (Å²) in [6.45, 7) is 0.178. The maximum atomic E-state index is 10.5. The van der Waals surface area contributed by atoms with Crippen molar-refractivity contribution in [2.75, 3.05) is 12.3 Å². The van der Waals surface area contributed by atoms with Gasteiger partial charge in [0.2, 0.25) is 0 Å². The van der Waals surface area contributed by atoms with Gasteiger partial charge >= 0.3 is 0 Å². The third-order valence-electron chi connectivity index (χ3n) is 5.54. The first-order chi connectivity index (χ1) is 13.6. The fourth-order valence-electron chi connectivity index (χ4n) is 4.06. The average molecular weight is 383 g/mol. The maximum Gasteiger partial charge on any atom is 0.167 e. The summed E-state index contributed by atoms with van der Waals surface area (Å²) in [5.74, 6) is 0.247. The van der Waals surface area contributed by atoms with E-state index in [1.165, 1.54) is 23.8 Å². The zero-order chi connectivity index (χ0) is 19.3. The topological polar surface area (TPSA) is 129 Å². The fourth-order valence-corrected chi connectivity index (χ4v) is 4.06. The first-order valence-corrected chi connectivity index (χ1v) is 9.27. The molecule has 0 saturated carbocycles. The van der Waals surface area contributed by atoms with Crippen LogP contribution in [0.3, 0.4) is 0 Å². The molecule has 28 heavy (non-hydrogen) atoms. The van der Waals surface area contributed by atoms with E-state index < -0.39 is 24.5 Å². The van der Waals surface area contributed by atoms with Crippen LogP contribution in [0.25, 0.3) is 11.2 Å². The monoisotopic (exact) mass is 383 g/mol. The molecule has 1 aliphatic carbocycles. The molecule has 2 aromatic heterocycles. The van der Waals surface area contributed by atoms with Crippen LogP contribution < -0.4 is 5.73 Å². The van der Waals surface area contributed by atoms with E-state index in [0.29, 0.717) is 11.2 Å². The van der Waals surface area contributed by atoms with Gasteiger partial charge in [0.1, 0.15) is 30.2 Å². The Morgan fingerprint density at radius 3 is 2.93 bits per heavy atom. The number of aliphatic hydroxyl groups excluding tert-OH is 2. The molecule has 0 bridgehead atoms. The highest BCUT2D eigenvalue weighted by atomic mass is 16.6. The van der Waals surface area contributed by atoms with Crippen LogP contribution in [-0.4, -0.2) is 54.7 Å². The number of hydrogen-bond acceptors (Lipinski definition) is 8. The number of aromatic nitrogens is 4. The number of imidazole rings is 1. The summed E-state index contributed by atoms with van der Waals surface area (Å²) < 4.78 is 13.5. The number of ether oxygens (including phenoxy) is 2. The molecular weight excluding hydrogens is 362 g/mol. The van der Waals surface area contributed by atoms with Gasteiger partial charge in [-0.05, 0) is 24.0 Å². The van der Waals surface area contributed by atoms with Crippen LogP contribution in [-0.2, 0) is 15.9 Å². The van der Waals surface area contributed by atoms with Gasteiger partial charge in [-0.3, -0.25) is 4.57 Å². The van der Waals surface area contributed by atoms with Gasteiger partial charge in [0.15, 0.2) is 17.7 Å². The highest BCUT2D eigenvalue weighted by Crippen LogP contribution is 2.36. The van der Waals surface area contributed by atoms with Gasteiger partial charge in [0.25, 0.3) is 0 Å². The maximum absolute atomic E-state index is 10.5. The molecule has 1 aromatic carbocycles. The number of rotatable bonds is 4. The smallest absolute Gasteiger partial charge is 0.167 e. The molecule has 5 atom stereocenters. The van der Waals surface area contributed by atoms with Gasteiger partial charge < -0.3 is 25.4 Å². The Morgan fingerprint density at radius 1 is 1.18 bits per heavy atom. The largest absolute Gasteiger partial charge is 0.387 e. The van der Waals surface area contributed by atoms with Gasteiger partial charge in [-0.25, -0.2) is 15.0 Å². The van der Waals surface area contributed by atoms with Crippen LogP contribution in [0.4, 0.5) is 5.82 Å². The molecule has 0 amide bonds. The third kappa shape index (κ3) is 2.75. The number of nitrogen functional groups attached to an aromatic ring is 1. The van der Waals surface area contributed by atoms with Gasteiger partial charge in [-0.1, -0.05) is 24.3 Å². The van der Waals surface area contributed by atoms with Gasteiger partial charge in [-0.15, -0.1) is 0 Å². The highest BCUT2D eigenvalue weighted by molar-refractivity contribution is 5.81. The van der Waals surface area contributed by atoms with Crippen molar-refractivity contribution in [1.82, 2.24) is 19.5 Å². The Kier molecular flexibility index (Phi) is 4.24. The molecule has 4 N–H and O–H groups in total. The molecular formula is C19H21N5O4. The van der Waals surface area contributed by atoms with E-state index in [1.807, 2.05) is 12.1 Å². The molecule has 9 heteroatoms. The lowest BCUT2D eigenvalue weighted by atomic mass is 10.1. The summed E-state index contributed by atoms with van der Waals surface area (Å²) in [6.07, 6.45) is 0.932. The van der Waals surface area contributed by atoms with Crippen molar-refractivity contribution in [3.8, 4) is 0 Å². The van der Waals surface area contributed by atoms with E-state index in [1.54, 1.807) is 4.57 Å². The molecule has 3 aromatic rings. The van der Waals surface area contributed by atoms with E-state index in [0.717, 1.165) is 12.8 Å². The fraction of sp³-hybridized carbons (Fsp3) is 0.421. The summed E-state index contributed by atoms with van der Waals surface area (Å²) >= 11 is 0. The third-order valence-corrected chi connectivity index (χ3v) is 5.54. The predicted octanol–water partition coefficient (Wildman–Crippen LogP) is 0.732. The zero-order valence-corrected chi connectivity index (χ0v) is 15.0. The summed E-state index contributed by atoms with van der Waals surface area (Å²) in [5, 5.41) is 21.0. The van der Waals surface area contributed by atoms with E-state index >= 15 is 0 Å². The van der Waals surface area contributed by atoms with Crippen molar-refractivity contribution in [3.05, 3.63) is 48.0 Å². The Morgan fingerprint density at radius 2 is 2.04 bits per heavy atom. The molecule has 1 aliphatic heterocycles. The minimum absolute atomic E-state index is 0.0233. The molecule has 3 heterocycles. The van der Waals surface area contributed by atoms with E-state index in [9.17, 15) is 10.2 Å². The van der Waals surface area contributed by atoms with Crippen molar-refractivity contribution in [2.45, 2.75) is 43.5 Å². The average Bonchev–Trinajstić information content (AvgIpc) is 3.39. The Labute approximate surface area is 160 Å². The van der Waals surface area contributed by atoms with E-state index in [2.05, 4.69) is 27.1 Å². The highest BCUT2D eigenvalue weighted by Gasteiger charge is 2.44. The summed E-state index contributed by atoms with van der Waals surface area (Å²) in [5.41, 5.74) is 9.15. The minimum atomic E-state index is -1.14. The first-order valence-electron chi connectivity index (χ1n) is 9.27. The number of aliphatic hydroxyl groups is 2. The number of anilines is 1. The zero-order valence-electron chi connectivity index (χ0n) is 15.0. The van der Waals surface area contributed by atoms with Gasteiger partial charge in [0.05, 0.1) is 19.0 Å². The molecule has 146 valence electrons. The summed E-state index contributed by atoms with van der Waals surface area (Å²) in [4.78, 5) is 12.3. The van der Waals surface area contributed by atoms with Crippen LogP contribution in [0.1, 0.15) is 29.9 Å². The normalized spacial score (nSPS) is 29.4. The minimum Gasteiger partial charge on any atom is -0.387 e. The lowest BCUT2D eigenvalue weighted by Gasteiger charge is -2.19. The van der Waals surface area contributed by atoms with Crippen molar-refractivity contribution >= 4 is 17.0 Å². The predicted molar refractivity (Wildman–Crippen MR) is 99.1 cm³/mol. The molecule has 1 fully saturated rings. The molecule has 9 nitrogen and oxygen atoms in total. The summed E-state index contributed by atoms with van der Waals surface area (Å²) in [6, 6.07) is 8.20. The number of nitrogens with zero attached hydrogens (tertiary/aromatic N) is 4. The number of benzene rings is 1. The molecule has 0 spiro atoms. The molecule has 2 aliphatic rings. The Balaban J connectivity index is 1.32.